The van der Waals surface area contributed by atoms with Crippen LogP contribution >= 0.6 is 0 Å². The van der Waals surface area contributed by atoms with Crippen LogP contribution in [0.1, 0.15) is 93.0 Å². The molecule has 19 nitrogen and oxygen atoms in total. The number of nitriles is 1. The lowest BCUT2D eigenvalue weighted by Crippen LogP contribution is -2.18. The second-order valence-corrected chi connectivity index (χ2v) is 35.7. The van der Waals surface area contributed by atoms with E-state index in [2.05, 4.69) is 12.1 Å². The monoisotopic (exact) mass is 2030 g/mol. The highest BCUT2D eigenvalue weighted by Crippen LogP contribution is 2.46. The van der Waals surface area contributed by atoms with Crippen LogP contribution in [0, 0.1) is 174 Å². The predicted octanol–water partition coefficient (Wildman–Crippen LogP) is 27.5. The molecule has 734 valence electrons. The standard InChI is InChI=1S/C59H25F16NO6.C46H46O9S2.O3S/c1-23-40(60)44(64)36(45(65)41(23)61)56(77)38-48(68)52(72)58(53(73)49(38)69)81-31-18-10-27(11-19-31)25-6-14-29(15-7-25)79-34-4-3-5-35(33(34)22-76)80-30-16-8-26(9-17-30)28-12-20-32(21-13-28)82-59-54(74)50(70)39(51(71)55(59)75)57(78)37-46(66)42(62)24(2)43(63)47(37)67;1-26-17-34(18-27(2)43(26)52-9)36-21-30(5)45(31(6)22-36)54-38-11-13-39(14-12-38)56(47,48)40-15-16-41(42(25-40)57(49,50)51)55-46-32(7)23-37(24-33(46)8)35-19-28(3)44(53-10)29(4)20-35;1-4(2)3/h3-21H,1-2H3;11-25H,1-10H3,(H,49,50,51);. The number of rotatable bonds is 25. The zero-order chi connectivity index (χ0) is 104. The van der Waals surface area contributed by atoms with Crippen LogP contribution in [0.3, 0.4) is 0 Å². The van der Waals surface area contributed by atoms with Crippen LogP contribution in [0.5, 0.6) is 80.5 Å². The number of ether oxygens (including phenoxy) is 8. The molecule has 0 aliphatic carbocycles. The van der Waals surface area contributed by atoms with Crippen LogP contribution in [0.25, 0.3) is 44.5 Å². The van der Waals surface area contributed by atoms with Crippen molar-refractivity contribution in [3.05, 3.63) is 383 Å². The third-order valence-electron chi connectivity index (χ3n) is 22.4. The molecule has 0 radical (unpaired) electrons. The van der Waals surface area contributed by atoms with Crippen molar-refractivity contribution < 1.29 is 152 Å². The van der Waals surface area contributed by atoms with Gasteiger partial charge in [0.15, 0.2) is 69.8 Å². The predicted molar refractivity (Wildman–Crippen MR) is 489 cm³/mol. The largest absolute Gasteiger partial charge is 0.496 e. The molecule has 0 saturated heterocycles. The van der Waals surface area contributed by atoms with Crippen molar-refractivity contribution in [2.45, 2.75) is 83.9 Å². The summed E-state index contributed by atoms with van der Waals surface area (Å²) in [6.07, 6.45) is 0. The van der Waals surface area contributed by atoms with E-state index in [1.54, 1.807) is 50.6 Å². The minimum atomic E-state index is -4.92. The van der Waals surface area contributed by atoms with Crippen LogP contribution in [0.15, 0.2) is 221 Å². The van der Waals surface area contributed by atoms with E-state index >= 15 is 35.1 Å². The smallest absolute Gasteiger partial charge is 0.425 e. The number of ketones is 2. The van der Waals surface area contributed by atoms with Gasteiger partial charge < -0.3 is 37.9 Å². The first-order chi connectivity index (χ1) is 67.5. The van der Waals surface area contributed by atoms with Gasteiger partial charge in [-0.3, -0.25) is 14.1 Å². The summed E-state index contributed by atoms with van der Waals surface area (Å²) in [7, 11) is -8.96. The Morgan fingerprint density at radius 1 is 0.287 bits per heavy atom. The van der Waals surface area contributed by atoms with Crippen LogP contribution < -0.4 is 37.9 Å². The van der Waals surface area contributed by atoms with Crippen molar-refractivity contribution in [1.29, 1.82) is 5.26 Å². The Labute approximate surface area is 806 Å². The summed E-state index contributed by atoms with van der Waals surface area (Å²) in [5, 5.41) is 10.1. The van der Waals surface area contributed by atoms with Crippen LogP contribution in [-0.2, 0) is 30.6 Å². The van der Waals surface area contributed by atoms with E-state index < -0.39 is 196 Å². The molecule has 0 fully saturated rings. The molecular formula is C105H71F16NO18S3. The van der Waals surface area contributed by atoms with Gasteiger partial charge in [-0.1, -0.05) is 54.6 Å². The molecule has 0 amide bonds. The quantitative estimate of drug-likeness (QED) is 0.0241. The van der Waals surface area contributed by atoms with Gasteiger partial charge in [-0.05, 0) is 310 Å². The molecule has 15 rings (SSSR count). The first-order valence-electron chi connectivity index (χ1n) is 41.7. The molecule has 15 aromatic carbocycles. The lowest BCUT2D eigenvalue weighted by molar-refractivity contribution is 0.100. The lowest BCUT2D eigenvalue weighted by atomic mass is 9.96. The summed E-state index contributed by atoms with van der Waals surface area (Å²) in [5.41, 5.74) is 2.08. The molecular weight excluding hydrogens is 1960 g/mol. The van der Waals surface area contributed by atoms with Crippen molar-refractivity contribution in [2.24, 2.45) is 0 Å². The zero-order valence-electron chi connectivity index (χ0n) is 76.2. The number of hydrogen-bond acceptors (Lipinski definition) is 18. The molecule has 143 heavy (non-hydrogen) atoms. The number of aryl methyl sites for hydroxylation is 8. The Morgan fingerprint density at radius 3 is 0.790 bits per heavy atom. The second-order valence-electron chi connectivity index (χ2n) is 32.0. The molecule has 0 atom stereocenters. The first kappa shape index (κ1) is 104. The average molecular weight is 2030 g/mol. The number of carbonyl (C=O) groups excluding carboxylic acids is 2. The normalized spacial score (nSPS) is 11.2. The van der Waals surface area contributed by atoms with Gasteiger partial charge >= 0.3 is 10.6 Å². The Hall–Kier alpha value is -16.1. The Balaban J connectivity index is 0.000000246. The Bertz CT molecular complexity index is 7670. The molecule has 0 aromatic heterocycles. The number of benzene rings is 15. The van der Waals surface area contributed by atoms with Gasteiger partial charge in [0.05, 0.1) is 24.0 Å². The molecule has 0 spiro atoms. The van der Waals surface area contributed by atoms with E-state index in [1.165, 1.54) is 91.0 Å². The molecule has 0 aliphatic rings. The van der Waals surface area contributed by atoms with E-state index in [1.807, 2.05) is 97.9 Å². The maximum absolute atomic E-state index is 15.1. The molecule has 0 aliphatic heterocycles. The summed E-state index contributed by atoms with van der Waals surface area (Å²) >= 11 is 0. The fraction of sp³-hybridized carbons (Fsp3) is 0.114. The van der Waals surface area contributed by atoms with Crippen molar-refractivity contribution in [2.75, 3.05) is 14.2 Å². The summed E-state index contributed by atoms with van der Waals surface area (Å²) < 4.78 is 369. The molecule has 15 aromatic rings. The van der Waals surface area contributed by atoms with Crippen molar-refractivity contribution in [1.82, 2.24) is 0 Å². The maximum Gasteiger partial charge on any atom is 0.425 e. The average Bonchev–Trinajstić information content (AvgIpc) is 0.750. The fourth-order valence-electron chi connectivity index (χ4n) is 15.5. The van der Waals surface area contributed by atoms with Crippen LogP contribution in [0.4, 0.5) is 70.2 Å². The number of methoxy groups -OCH3 is 2. The maximum atomic E-state index is 15.1. The minimum absolute atomic E-state index is 0.0377. The van der Waals surface area contributed by atoms with E-state index in [-0.39, 0.29) is 44.1 Å². The second kappa shape index (κ2) is 42.1. The number of nitrogens with zero attached hydrogens (tertiary/aromatic N) is 1. The van der Waals surface area contributed by atoms with Gasteiger partial charge in [0.25, 0.3) is 10.1 Å². The topological polar surface area (TPSA) is 271 Å². The van der Waals surface area contributed by atoms with E-state index in [9.17, 15) is 71.4 Å². The van der Waals surface area contributed by atoms with Gasteiger partial charge in [-0.15, -0.1) is 12.6 Å². The van der Waals surface area contributed by atoms with Crippen LogP contribution in [-0.4, -0.2) is 59.8 Å². The highest BCUT2D eigenvalue weighted by atomic mass is 32.2. The van der Waals surface area contributed by atoms with Gasteiger partial charge in [0.2, 0.25) is 56.2 Å². The third-order valence-corrected chi connectivity index (χ3v) is 25.0. The molecule has 0 saturated carbocycles. The number of halogens is 16. The van der Waals surface area contributed by atoms with Crippen molar-refractivity contribution in [3.63, 3.8) is 0 Å². The number of carbonyl (C=O) groups is 2. The van der Waals surface area contributed by atoms with Gasteiger partial charge in [-0.25, -0.2) is 61.1 Å². The molecule has 1 N–H and O–H groups in total. The highest BCUT2D eigenvalue weighted by Gasteiger charge is 2.40. The van der Waals surface area contributed by atoms with Gasteiger partial charge in [0.1, 0.15) is 108 Å². The molecule has 0 bridgehead atoms. The van der Waals surface area contributed by atoms with E-state index in [4.69, 9.17) is 50.5 Å². The van der Waals surface area contributed by atoms with Gasteiger partial charge in [-0.2, -0.15) is 31.2 Å². The van der Waals surface area contributed by atoms with Crippen molar-refractivity contribution in [3.8, 4) is 131 Å². The summed E-state index contributed by atoms with van der Waals surface area (Å²) in [6.45, 7) is 16.8. The van der Waals surface area contributed by atoms with E-state index in [0.29, 0.717) is 64.5 Å². The Kier molecular flexibility index (Phi) is 30.7. The van der Waals surface area contributed by atoms with E-state index in [0.717, 1.165) is 97.5 Å². The van der Waals surface area contributed by atoms with Gasteiger partial charge in [0, 0.05) is 11.1 Å². The fourth-order valence-corrected chi connectivity index (χ4v) is 17.5. The summed E-state index contributed by atoms with van der Waals surface area (Å²) in [6, 6.07) is 54.3. The first-order valence-corrected chi connectivity index (χ1v) is 45.7. The minimum Gasteiger partial charge on any atom is -0.496 e. The molecule has 38 heteroatoms. The van der Waals surface area contributed by atoms with Crippen LogP contribution in [0.2, 0.25) is 0 Å². The van der Waals surface area contributed by atoms with Crippen molar-refractivity contribution >= 4 is 42.1 Å². The summed E-state index contributed by atoms with van der Waals surface area (Å²) in [4.78, 5) is 24.3. The summed E-state index contributed by atoms with van der Waals surface area (Å²) in [5.74, 6) is -42.6. The highest BCUT2D eigenvalue weighted by molar-refractivity contribution is 7.91. The third kappa shape index (κ3) is 21.3. The zero-order valence-corrected chi connectivity index (χ0v) is 78.7. The number of sulfone groups is 1. The lowest BCUT2D eigenvalue weighted by Gasteiger charge is -2.17. The Morgan fingerprint density at radius 2 is 0.524 bits per heavy atom. The molecule has 0 unspecified atom stereocenters. The number of hydrogen-bond donors (Lipinski definition) is 1. The molecule has 0 heterocycles. The SMILES string of the molecule is COc1c(C)cc(-c2cc(C)c(Oc3ccc(S(=O)(=O)c4ccc(Oc5c(C)cc(-c6cc(C)c(OC)c(C)c6)cc5C)c(S(=O)(=O)O)c4)cc3)c(C)c2)cc1C.Cc1c(F)c(F)c(C(=O)c2c(F)c(F)c(Oc3ccc(-c4ccc(Oc5cccc(Oc6ccc(-c7ccc(Oc8c(F)c(F)c(C(=O)c9c(F)c(F)c(C)c(F)c9F)c(F)c8F)cc7)cc6)c5C#N)cc4)cc3)c(F)c2F)c(F)c1F.O=S(=O)=O.